The summed E-state index contributed by atoms with van der Waals surface area (Å²) in [6.45, 7) is 1.01. The second kappa shape index (κ2) is 9.40. The third-order valence-electron chi connectivity index (χ3n) is 4.78. The number of aromatic nitrogens is 2. The van der Waals surface area contributed by atoms with Gasteiger partial charge < -0.3 is 11.1 Å². The summed E-state index contributed by atoms with van der Waals surface area (Å²) in [5.41, 5.74) is 8.88. The van der Waals surface area contributed by atoms with Crippen molar-refractivity contribution < 1.29 is 4.79 Å². The molecule has 4 N–H and O–H groups in total. The average molecular weight is 353 g/mol. The van der Waals surface area contributed by atoms with Crippen LogP contribution in [0, 0.1) is 0 Å². The summed E-state index contributed by atoms with van der Waals surface area (Å²) in [4.78, 5) is 21.6. The van der Waals surface area contributed by atoms with Gasteiger partial charge in [0.05, 0.1) is 30.0 Å². The monoisotopic (exact) mass is 353 g/mol. The van der Waals surface area contributed by atoms with Crippen LogP contribution in [0.1, 0.15) is 48.7 Å². The van der Waals surface area contributed by atoms with Gasteiger partial charge in [-0.15, -0.1) is 0 Å². The maximum Gasteiger partial charge on any atom is 0.237 e. The minimum atomic E-state index is -0.278. The van der Waals surface area contributed by atoms with E-state index in [4.69, 9.17) is 5.73 Å². The number of pyridine rings is 2. The van der Waals surface area contributed by atoms with E-state index in [9.17, 15) is 4.79 Å². The van der Waals surface area contributed by atoms with Gasteiger partial charge in [-0.2, -0.15) is 0 Å². The summed E-state index contributed by atoms with van der Waals surface area (Å²) < 4.78 is 0. The molecule has 0 spiro atoms. The quantitative estimate of drug-likeness (QED) is 0.674. The first-order chi connectivity index (χ1) is 12.8. The summed E-state index contributed by atoms with van der Waals surface area (Å²) in [7, 11) is 0. The van der Waals surface area contributed by atoms with Crippen molar-refractivity contribution in [1.82, 2.24) is 20.6 Å². The zero-order valence-corrected chi connectivity index (χ0v) is 15.0. The molecule has 26 heavy (non-hydrogen) atoms. The van der Waals surface area contributed by atoms with E-state index in [1.54, 1.807) is 6.20 Å². The normalized spacial score (nSPS) is 17.3. The predicted octanol–water partition coefficient (Wildman–Crippen LogP) is 1.87. The van der Waals surface area contributed by atoms with Crippen molar-refractivity contribution in [1.29, 1.82) is 0 Å². The van der Waals surface area contributed by atoms with Gasteiger partial charge >= 0.3 is 0 Å². The van der Waals surface area contributed by atoms with E-state index in [2.05, 4.69) is 26.7 Å². The average Bonchev–Trinajstić information content (AvgIpc) is 2.70. The minimum Gasteiger partial charge on any atom is -0.349 e. The highest BCUT2D eigenvalue weighted by atomic mass is 16.2. The fourth-order valence-electron chi connectivity index (χ4n) is 3.43. The Hall–Kier alpha value is -2.31. The second-order valence-corrected chi connectivity index (χ2v) is 6.68. The number of nitrogens with two attached hydrogens (primary N) is 1. The van der Waals surface area contributed by atoms with E-state index in [0.717, 1.165) is 37.1 Å². The van der Waals surface area contributed by atoms with Crippen molar-refractivity contribution in [2.45, 2.75) is 50.7 Å². The van der Waals surface area contributed by atoms with Crippen molar-refractivity contribution in [3.05, 3.63) is 59.7 Å². The summed E-state index contributed by atoms with van der Waals surface area (Å²) in [5, 5.41) is 6.53. The summed E-state index contributed by atoms with van der Waals surface area (Å²) in [6, 6.07) is 9.64. The lowest BCUT2D eigenvalue weighted by molar-refractivity contribution is -0.123. The molecule has 2 unspecified atom stereocenters. The van der Waals surface area contributed by atoms with E-state index in [0.29, 0.717) is 19.5 Å². The maximum atomic E-state index is 12.7. The lowest BCUT2D eigenvalue weighted by atomic mass is 9.91. The highest BCUT2D eigenvalue weighted by Crippen LogP contribution is 2.28. The SMILES string of the molecule is NCCCC(NC1CCCc2cccnc21)C(=O)NCc1ccccn1. The Kier molecular flexibility index (Phi) is 6.68. The maximum absolute atomic E-state index is 12.7. The summed E-state index contributed by atoms with van der Waals surface area (Å²) >= 11 is 0. The number of fused-ring (bicyclic) bond motifs is 1. The first kappa shape index (κ1) is 18.5. The van der Waals surface area contributed by atoms with Crippen molar-refractivity contribution in [3.63, 3.8) is 0 Å². The molecule has 1 aliphatic rings. The Labute approximate surface area is 154 Å². The van der Waals surface area contributed by atoms with Crippen LogP contribution in [0.25, 0.3) is 0 Å². The Bertz CT molecular complexity index is 706. The molecular weight excluding hydrogens is 326 g/mol. The molecule has 6 heteroatoms. The van der Waals surface area contributed by atoms with Gasteiger partial charge in [0.25, 0.3) is 0 Å². The molecule has 0 bridgehead atoms. The number of carbonyl (C=O) groups excluding carboxylic acids is 1. The molecule has 0 saturated carbocycles. The zero-order valence-electron chi connectivity index (χ0n) is 15.0. The Morgan fingerprint density at radius 2 is 2.12 bits per heavy atom. The Morgan fingerprint density at radius 3 is 2.92 bits per heavy atom. The number of carbonyl (C=O) groups is 1. The van der Waals surface area contributed by atoms with Crippen LogP contribution in [-0.4, -0.2) is 28.5 Å². The molecule has 2 atom stereocenters. The van der Waals surface area contributed by atoms with E-state index in [1.165, 1.54) is 5.56 Å². The van der Waals surface area contributed by atoms with Gasteiger partial charge in [-0.3, -0.25) is 20.1 Å². The molecule has 2 aromatic rings. The van der Waals surface area contributed by atoms with Crippen LogP contribution < -0.4 is 16.4 Å². The van der Waals surface area contributed by atoms with Crippen LogP contribution in [-0.2, 0) is 17.8 Å². The van der Waals surface area contributed by atoms with Gasteiger partial charge in [0, 0.05) is 12.4 Å². The summed E-state index contributed by atoms with van der Waals surface area (Å²) in [6.07, 6.45) is 8.23. The summed E-state index contributed by atoms with van der Waals surface area (Å²) in [5.74, 6) is -0.00726. The molecule has 0 aliphatic heterocycles. The highest BCUT2D eigenvalue weighted by molar-refractivity contribution is 5.81. The van der Waals surface area contributed by atoms with Crippen molar-refractivity contribution >= 4 is 5.91 Å². The van der Waals surface area contributed by atoms with Crippen molar-refractivity contribution in [3.8, 4) is 0 Å². The molecule has 2 aromatic heterocycles. The molecule has 3 rings (SSSR count). The zero-order chi connectivity index (χ0) is 18.2. The molecule has 6 nitrogen and oxygen atoms in total. The Balaban J connectivity index is 1.65. The standard InChI is InChI=1S/C20H27N5O/c21-11-4-10-18(20(26)24-14-16-8-1-2-12-22-16)25-17-9-3-6-15-7-5-13-23-19(15)17/h1-2,5,7-8,12-13,17-18,25H,3-4,6,9-11,14,21H2,(H,24,26). The molecule has 2 heterocycles. The van der Waals surface area contributed by atoms with Crippen LogP contribution >= 0.6 is 0 Å². The minimum absolute atomic E-state index is 0.00726. The third-order valence-corrected chi connectivity index (χ3v) is 4.78. The van der Waals surface area contributed by atoms with Gasteiger partial charge in [-0.25, -0.2) is 0 Å². The van der Waals surface area contributed by atoms with E-state index < -0.39 is 0 Å². The van der Waals surface area contributed by atoms with E-state index in [-0.39, 0.29) is 18.0 Å². The fraction of sp³-hybridized carbons (Fsp3) is 0.450. The molecule has 138 valence electrons. The molecule has 0 radical (unpaired) electrons. The van der Waals surface area contributed by atoms with E-state index >= 15 is 0 Å². The number of hydrogen-bond acceptors (Lipinski definition) is 5. The topological polar surface area (TPSA) is 92.9 Å². The van der Waals surface area contributed by atoms with Gasteiger partial charge in [0.1, 0.15) is 0 Å². The number of hydrogen-bond donors (Lipinski definition) is 3. The van der Waals surface area contributed by atoms with Gasteiger partial charge in [0.15, 0.2) is 0 Å². The van der Waals surface area contributed by atoms with Crippen LogP contribution in [0.3, 0.4) is 0 Å². The van der Waals surface area contributed by atoms with Crippen LogP contribution in [0.4, 0.5) is 0 Å². The molecule has 0 fully saturated rings. The number of amides is 1. The first-order valence-corrected chi connectivity index (χ1v) is 9.35. The molecule has 0 aromatic carbocycles. The van der Waals surface area contributed by atoms with Crippen LogP contribution in [0.5, 0.6) is 0 Å². The molecule has 0 saturated heterocycles. The number of nitrogens with zero attached hydrogens (tertiary/aromatic N) is 2. The molecule has 1 amide bonds. The van der Waals surface area contributed by atoms with Crippen molar-refractivity contribution in [2.24, 2.45) is 5.73 Å². The molecular formula is C20H27N5O. The van der Waals surface area contributed by atoms with E-state index in [1.807, 2.05) is 30.5 Å². The van der Waals surface area contributed by atoms with Gasteiger partial charge in [0.2, 0.25) is 5.91 Å². The second-order valence-electron chi connectivity index (χ2n) is 6.68. The smallest absolute Gasteiger partial charge is 0.237 e. The number of nitrogens with one attached hydrogen (secondary N) is 2. The van der Waals surface area contributed by atoms with Gasteiger partial charge in [-0.1, -0.05) is 12.1 Å². The van der Waals surface area contributed by atoms with Crippen LogP contribution in [0.15, 0.2) is 42.7 Å². The third kappa shape index (κ3) is 4.86. The predicted molar refractivity (Wildman–Crippen MR) is 101 cm³/mol. The fourth-order valence-corrected chi connectivity index (χ4v) is 3.43. The lowest BCUT2D eigenvalue weighted by Crippen LogP contribution is -2.46. The first-order valence-electron chi connectivity index (χ1n) is 9.35. The van der Waals surface area contributed by atoms with Crippen molar-refractivity contribution in [2.75, 3.05) is 6.54 Å². The van der Waals surface area contributed by atoms with Crippen LogP contribution in [0.2, 0.25) is 0 Å². The highest BCUT2D eigenvalue weighted by Gasteiger charge is 2.26. The number of aryl methyl sites for hydroxylation is 1. The lowest BCUT2D eigenvalue weighted by Gasteiger charge is -2.29. The Morgan fingerprint density at radius 1 is 1.23 bits per heavy atom. The largest absolute Gasteiger partial charge is 0.349 e. The van der Waals surface area contributed by atoms with Gasteiger partial charge in [-0.05, 0) is 62.4 Å². The molecule has 1 aliphatic carbocycles. The number of rotatable bonds is 8.